The zero-order valence-corrected chi connectivity index (χ0v) is 18.4. The summed E-state index contributed by atoms with van der Waals surface area (Å²) in [5.74, 6) is 2.50. The average Bonchev–Trinajstić information content (AvgIpc) is 2.73. The molecule has 0 aromatic heterocycles. The lowest BCUT2D eigenvalue weighted by Crippen LogP contribution is -2.59. The number of halogens is 1. The predicted molar refractivity (Wildman–Crippen MR) is 120 cm³/mol. The Hall–Kier alpha value is -2.00. The molecule has 1 N–H and O–H groups in total. The molecule has 4 saturated carbocycles. The number of hydrogen-bond acceptors (Lipinski definition) is 2. The molecule has 0 saturated heterocycles. The zero-order chi connectivity index (χ0) is 20.8. The van der Waals surface area contributed by atoms with Crippen LogP contribution in [0.2, 0.25) is 5.02 Å². The molecule has 4 aliphatic rings. The lowest BCUT2D eigenvalue weighted by atomic mass is 9.42. The molecular weight excluding hydrogens is 394 g/mol. The summed E-state index contributed by atoms with van der Waals surface area (Å²) in [6.45, 7) is 0.691. The lowest BCUT2D eigenvalue weighted by molar-refractivity contribution is -0.149. The summed E-state index contributed by atoms with van der Waals surface area (Å²) < 4.78 is 5.22. The Labute approximate surface area is 184 Å². The van der Waals surface area contributed by atoms with Crippen molar-refractivity contribution in [3.8, 4) is 5.75 Å². The Morgan fingerprint density at radius 2 is 1.70 bits per heavy atom. The first kappa shape index (κ1) is 19.9. The summed E-state index contributed by atoms with van der Waals surface area (Å²) in [7, 11) is 1.68. The molecule has 0 aliphatic heterocycles. The van der Waals surface area contributed by atoms with Crippen LogP contribution in [0.25, 0.3) is 0 Å². The van der Waals surface area contributed by atoms with Gasteiger partial charge in [-0.1, -0.05) is 35.9 Å². The van der Waals surface area contributed by atoms with Crippen molar-refractivity contribution in [2.75, 3.05) is 13.7 Å². The molecule has 2 unspecified atom stereocenters. The third-order valence-electron chi connectivity index (χ3n) is 7.86. The smallest absolute Gasteiger partial charge is 0.226 e. The maximum atomic E-state index is 13.5. The fourth-order valence-corrected chi connectivity index (χ4v) is 7.10. The van der Waals surface area contributed by atoms with Gasteiger partial charge >= 0.3 is 0 Å². The number of carbonyl (C=O) groups excluding carboxylic acids is 1. The molecule has 4 bridgehead atoms. The Bertz CT molecular complexity index is 907. The first-order chi connectivity index (χ1) is 14.5. The Morgan fingerprint density at radius 3 is 2.33 bits per heavy atom. The molecule has 0 spiro atoms. The second kappa shape index (κ2) is 7.60. The molecule has 30 heavy (non-hydrogen) atoms. The maximum absolute atomic E-state index is 13.5. The van der Waals surface area contributed by atoms with Crippen molar-refractivity contribution in [1.29, 1.82) is 0 Å². The van der Waals surface area contributed by atoms with Crippen LogP contribution in [-0.2, 0) is 16.6 Å². The van der Waals surface area contributed by atoms with Crippen LogP contribution in [0.4, 0.5) is 0 Å². The lowest BCUT2D eigenvalue weighted by Gasteiger charge is -2.61. The minimum absolute atomic E-state index is 0.155. The van der Waals surface area contributed by atoms with Gasteiger partial charge in [-0.15, -0.1) is 0 Å². The van der Waals surface area contributed by atoms with Gasteiger partial charge in [-0.3, -0.25) is 4.79 Å². The number of methoxy groups -OCH3 is 1. The normalized spacial score (nSPS) is 31.5. The van der Waals surface area contributed by atoms with Crippen LogP contribution >= 0.6 is 11.6 Å². The van der Waals surface area contributed by atoms with Crippen LogP contribution in [0.3, 0.4) is 0 Å². The van der Waals surface area contributed by atoms with Crippen molar-refractivity contribution in [3.63, 3.8) is 0 Å². The third kappa shape index (κ3) is 3.51. The van der Waals surface area contributed by atoms with Gasteiger partial charge in [-0.25, -0.2) is 0 Å². The highest BCUT2D eigenvalue weighted by molar-refractivity contribution is 6.30. The SMILES string of the molecule is COc1ccc(CCNC(=O)C23CC4CC(C2)CC(c2ccc(Cl)cc2)(C4)C3)cc1. The number of benzene rings is 2. The minimum atomic E-state index is -0.191. The molecular formula is C26H30ClNO2. The number of carbonyl (C=O) groups is 1. The monoisotopic (exact) mass is 423 g/mol. The predicted octanol–water partition coefficient (Wildman–Crippen LogP) is 5.55. The van der Waals surface area contributed by atoms with E-state index in [1.807, 2.05) is 24.3 Å². The fraction of sp³-hybridized carbons (Fsp3) is 0.500. The highest BCUT2D eigenvalue weighted by Gasteiger charge is 2.60. The molecule has 6 rings (SSSR count). The number of rotatable bonds is 6. The third-order valence-corrected chi connectivity index (χ3v) is 8.11. The number of nitrogens with one attached hydrogen (secondary N) is 1. The molecule has 158 valence electrons. The van der Waals surface area contributed by atoms with Crippen molar-refractivity contribution < 1.29 is 9.53 Å². The highest BCUT2D eigenvalue weighted by Crippen LogP contribution is 2.65. The van der Waals surface area contributed by atoms with Crippen LogP contribution in [0, 0.1) is 17.3 Å². The molecule has 2 aromatic rings. The summed E-state index contributed by atoms with van der Waals surface area (Å²) in [6, 6.07) is 16.5. The topological polar surface area (TPSA) is 38.3 Å². The summed E-state index contributed by atoms with van der Waals surface area (Å²) in [5, 5.41) is 4.09. The van der Waals surface area contributed by atoms with Gasteiger partial charge < -0.3 is 10.1 Å². The second-order valence-electron chi connectivity index (χ2n) is 9.88. The van der Waals surface area contributed by atoms with Gasteiger partial charge in [-0.05, 0) is 97.6 Å². The summed E-state index contributed by atoms with van der Waals surface area (Å²) >= 11 is 6.15. The summed E-state index contributed by atoms with van der Waals surface area (Å²) in [6.07, 6.45) is 7.72. The number of amides is 1. The van der Waals surface area contributed by atoms with Crippen molar-refractivity contribution in [1.82, 2.24) is 5.32 Å². The van der Waals surface area contributed by atoms with Crippen molar-refractivity contribution >= 4 is 17.5 Å². The van der Waals surface area contributed by atoms with Crippen molar-refractivity contribution in [3.05, 3.63) is 64.7 Å². The number of ether oxygens (including phenoxy) is 1. The molecule has 4 aliphatic carbocycles. The van der Waals surface area contributed by atoms with Crippen LogP contribution in [0.15, 0.2) is 48.5 Å². The van der Waals surface area contributed by atoms with E-state index in [9.17, 15) is 4.79 Å². The second-order valence-corrected chi connectivity index (χ2v) is 10.3. The van der Waals surface area contributed by atoms with E-state index in [0.29, 0.717) is 18.4 Å². The van der Waals surface area contributed by atoms with Crippen molar-refractivity contribution in [2.24, 2.45) is 17.3 Å². The van der Waals surface area contributed by atoms with Gasteiger partial charge in [0.05, 0.1) is 12.5 Å². The average molecular weight is 424 g/mol. The molecule has 0 radical (unpaired) electrons. The summed E-state index contributed by atoms with van der Waals surface area (Å²) in [5.41, 5.74) is 2.57. The van der Waals surface area contributed by atoms with Gasteiger partial charge in [0, 0.05) is 11.6 Å². The van der Waals surface area contributed by atoms with Gasteiger partial charge in [-0.2, -0.15) is 0 Å². The first-order valence-electron chi connectivity index (χ1n) is 11.2. The molecule has 2 atom stereocenters. The highest BCUT2D eigenvalue weighted by atomic mass is 35.5. The molecule has 2 aromatic carbocycles. The van der Waals surface area contributed by atoms with E-state index >= 15 is 0 Å². The molecule has 1 amide bonds. The van der Waals surface area contributed by atoms with Crippen molar-refractivity contribution in [2.45, 2.75) is 50.4 Å². The standard InChI is InChI=1S/C26H30ClNO2/c1-30-23-8-2-18(3-9-23)10-11-28-24(29)26-15-19-12-20(16-26)14-25(13-19,17-26)21-4-6-22(27)7-5-21/h2-9,19-20H,10-17H2,1H3,(H,28,29). The van der Waals surface area contributed by atoms with E-state index < -0.39 is 0 Å². The van der Waals surface area contributed by atoms with E-state index in [-0.39, 0.29) is 16.7 Å². The maximum Gasteiger partial charge on any atom is 0.226 e. The van der Waals surface area contributed by atoms with E-state index in [4.69, 9.17) is 16.3 Å². The first-order valence-corrected chi connectivity index (χ1v) is 11.6. The fourth-order valence-electron chi connectivity index (χ4n) is 6.97. The number of hydrogen-bond donors (Lipinski definition) is 1. The molecule has 3 nitrogen and oxygen atoms in total. The summed E-state index contributed by atoms with van der Waals surface area (Å²) in [4.78, 5) is 13.5. The zero-order valence-electron chi connectivity index (χ0n) is 17.6. The van der Waals surface area contributed by atoms with E-state index in [2.05, 4.69) is 29.6 Å². The minimum Gasteiger partial charge on any atom is -0.497 e. The van der Waals surface area contributed by atoms with Crippen LogP contribution in [-0.4, -0.2) is 19.6 Å². The van der Waals surface area contributed by atoms with Crippen LogP contribution in [0.1, 0.15) is 49.7 Å². The van der Waals surface area contributed by atoms with Crippen LogP contribution in [0.5, 0.6) is 5.75 Å². The van der Waals surface area contributed by atoms with Crippen LogP contribution < -0.4 is 10.1 Å². The van der Waals surface area contributed by atoms with E-state index in [0.717, 1.165) is 36.5 Å². The van der Waals surface area contributed by atoms with E-state index in [1.165, 1.54) is 30.4 Å². The van der Waals surface area contributed by atoms with Gasteiger partial charge in [0.25, 0.3) is 0 Å². The van der Waals surface area contributed by atoms with Gasteiger partial charge in [0.15, 0.2) is 0 Å². The quantitative estimate of drug-likeness (QED) is 0.661. The Kier molecular flexibility index (Phi) is 5.05. The Morgan fingerprint density at radius 1 is 1.03 bits per heavy atom. The molecule has 0 heterocycles. The molecule has 4 heteroatoms. The van der Waals surface area contributed by atoms with E-state index in [1.54, 1.807) is 7.11 Å². The van der Waals surface area contributed by atoms with Gasteiger partial charge in [0.1, 0.15) is 5.75 Å². The largest absolute Gasteiger partial charge is 0.497 e. The molecule has 4 fully saturated rings. The van der Waals surface area contributed by atoms with Gasteiger partial charge in [0.2, 0.25) is 5.91 Å². The Balaban J connectivity index is 1.29.